The fourth-order valence-corrected chi connectivity index (χ4v) is 1.68. The Morgan fingerprint density at radius 1 is 1.28 bits per heavy atom. The van der Waals surface area contributed by atoms with Crippen LogP contribution < -0.4 is 4.74 Å². The molecule has 6 heteroatoms. The average Bonchev–Trinajstić information content (AvgIpc) is 2.37. The van der Waals surface area contributed by atoms with Gasteiger partial charge in [-0.3, -0.25) is 0 Å². The number of aromatic nitrogens is 1. The van der Waals surface area contributed by atoms with E-state index >= 15 is 0 Å². The van der Waals surface area contributed by atoms with Gasteiger partial charge in [-0.15, -0.1) is 11.6 Å². The van der Waals surface area contributed by atoms with E-state index in [1.807, 2.05) is 0 Å². The SMILES string of the molecule is Fc1cnc(Oc2cccc(Cl)c2F)c(CCl)c1. The van der Waals surface area contributed by atoms with Gasteiger partial charge >= 0.3 is 0 Å². The molecule has 0 fully saturated rings. The topological polar surface area (TPSA) is 22.1 Å². The lowest BCUT2D eigenvalue weighted by atomic mass is 10.3. The Labute approximate surface area is 112 Å². The Morgan fingerprint density at radius 2 is 2.06 bits per heavy atom. The monoisotopic (exact) mass is 289 g/mol. The molecule has 0 N–H and O–H groups in total. The number of alkyl halides is 1. The van der Waals surface area contributed by atoms with Crippen molar-refractivity contribution in [3.63, 3.8) is 0 Å². The molecule has 0 saturated heterocycles. The summed E-state index contributed by atoms with van der Waals surface area (Å²) in [6, 6.07) is 5.50. The van der Waals surface area contributed by atoms with Crippen LogP contribution in [0.4, 0.5) is 8.78 Å². The van der Waals surface area contributed by atoms with Gasteiger partial charge in [0, 0.05) is 5.56 Å². The van der Waals surface area contributed by atoms with Crippen molar-refractivity contribution in [3.8, 4) is 11.6 Å². The summed E-state index contributed by atoms with van der Waals surface area (Å²) in [5.74, 6) is -1.28. The molecule has 0 aliphatic rings. The van der Waals surface area contributed by atoms with Crippen molar-refractivity contribution in [2.24, 2.45) is 0 Å². The molecular weight excluding hydrogens is 283 g/mol. The predicted molar refractivity (Wildman–Crippen MR) is 65.2 cm³/mol. The van der Waals surface area contributed by atoms with Crippen LogP contribution in [0.5, 0.6) is 11.6 Å². The van der Waals surface area contributed by atoms with Crippen molar-refractivity contribution < 1.29 is 13.5 Å². The highest BCUT2D eigenvalue weighted by atomic mass is 35.5. The molecule has 0 bridgehead atoms. The summed E-state index contributed by atoms with van der Waals surface area (Å²) in [7, 11) is 0. The van der Waals surface area contributed by atoms with Gasteiger partial charge in [0.2, 0.25) is 5.88 Å². The normalized spacial score (nSPS) is 10.4. The molecule has 94 valence electrons. The first-order valence-electron chi connectivity index (χ1n) is 4.94. The van der Waals surface area contributed by atoms with Crippen LogP contribution in [0.2, 0.25) is 5.02 Å². The van der Waals surface area contributed by atoms with Gasteiger partial charge in [-0.05, 0) is 18.2 Å². The molecular formula is C12H7Cl2F2NO. The van der Waals surface area contributed by atoms with Crippen LogP contribution in [0.1, 0.15) is 5.56 Å². The quantitative estimate of drug-likeness (QED) is 0.774. The summed E-state index contributed by atoms with van der Waals surface area (Å²) < 4.78 is 31.8. The first-order valence-corrected chi connectivity index (χ1v) is 5.85. The van der Waals surface area contributed by atoms with Crippen molar-refractivity contribution in [1.82, 2.24) is 4.98 Å². The summed E-state index contributed by atoms with van der Waals surface area (Å²) >= 11 is 11.3. The Balaban J connectivity index is 2.37. The van der Waals surface area contributed by atoms with Crippen LogP contribution in [0.15, 0.2) is 30.5 Å². The second kappa shape index (κ2) is 5.50. The zero-order valence-electron chi connectivity index (χ0n) is 8.96. The van der Waals surface area contributed by atoms with Crippen molar-refractivity contribution in [1.29, 1.82) is 0 Å². The molecule has 18 heavy (non-hydrogen) atoms. The second-order valence-corrected chi connectivity index (χ2v) is 4.08. The van der Waals surface area contributed by atoms with Crippen LogP contribution >= 0.6 is 23.2 Å². The Bertz CT molecular complexity index is 578. The predicted octanol–water partition coefficient (Wildman–Crippen LogP) is 4.54. The van der Waals surface area contributed by atoms with E-state index in [1.54, 1.807) is 0 Å². The number of pyridine rings is 1. The third-order valence-electron chi connectivity index (χ3n) is 2.16. The third kappa shape index (κ3) is 2.71. The summed E-state index contributed by atoms with van der Waals surface area (Å²) in [4.78, 5) is 3.72. The van der Waals surface area contributed by atoms with Crippen molar-refractivity contribution >= 4 is 23.2 Å². The number of benzene rings is 1. The molecule has 0 radical (unpaired) electrons. The number of ether oxygens (including phenoxy) is 1. The van der Waals surface area contributed by atoms with Gasteiger partial charge in [0.05, 0.1) is 17.1 Å². The van der Waals surface area contributed by atoms with Gasteiger partial charge in [-0.1, -0.05) is 17.7 Å². The first-order chi connectivity index (χ1) is 8.61. The van der Waals surface area contributed by atoms with E-state index in [-0.39, 0.29) is 22.5 Å². The van der Waals surface area contributed by atoms with Gasteiger partial charge in [-0.2, -0.15) is 0 Å². The average molecular weight is 290 g/mol. The zero-order valence-corrected chi connectivity index (χ0v) is 10.5. The van der Waals surface area contributed by atoms with E-state index in [4.69, 9.17) is 27.9 Å². The van der Waals surface area contributed by atoms with Crippen LogP contribution in [-0.2, 0) is 5.88 Å². The minimum Gasteiger partial charge on any atom is -0.436 e. The van der Waals surface area contributed by atoms with E-state index in [1.165, 1.54) is 24.3 Å². The maximum atomic E-state index is 13.6. The van der Waals surface area contributed by atoms with E-state index in [0.717, 1.165) is 6.20 Å². The van der Waals surface area contributed by atoms with Crippen molar-refractivity contribution in [2.75, 3.05) is 0 Å². The molecule has 0 saturated carbocycles. The largest absolute Gasteiger partial charge is 0.436 e. The number of halogens is 4. The molecule has 0 spiro atoms. The number of rotatable bonds is 3. The number of hydrogen-bond acceptors (Lipinski definition) is 2. The number of nitrogens with zero attached hydrogens (tertiary/aromatic N) is 1. The summed E-state index contributed by atoms with van der Waals surface area (Å²) in [5, 5.41) is -0.0676. The van der Waals surface area contributed by atoms with E-state index in [9.17, 15) is 8.78 Å². The van der Waals surface area contributed by atoms with Gasteiger partial charge < -0.3 is 4.74 Å². The molecule has 1 heterocycles. The highest BCUT2D eigenvalue weighted by Crippen LogP contribution is 2.30. The highest BCUT2D eigenvalue weighted by molar-refractivity contribution is 6.30. The molecule has 0 aliphatic heterocycles. The van der Waals surface area contributed by atoms with Crippen LogP contribution in [-0.4, -0.2) is 4.98 Å². The lowest BCUT2D eigenvalue weighted by Crippen LogP contribution is -1.96. The van der Waals surface area contributed by atoms with Crippen LogP contribution in [0.25, 0.3) is 0 Å². The van der Waals surface area contributed by atoms with E-state index in [0.29, 0.717) is 5.56 Å². The van der Waals surface area contributed by atoms with Crippen LogP contribution in [0, 0.1) is 11.6 Å². The fraction of sp³-hybridized carbons (Fsp3) is 0.0833. The molecule has 0 unspecified atom stereocenters. The standard InChI is InChI=1S/C12H7Cl2F2NO/c13-5-7-4-8(15)6-17-12(7)18-10-3-1-2-9(14)11(10)16/h1-4,6H,5H2. The Morgan fingerprint density at radius 3 is 2.78 bits per heavy atom. The highest BCUT2D eigenvalue weighted by Gasteiger charge is 2.12. The van der Waals surface area contributed by atoms with E-state index < -0.39 is 11.6 Å². The lowest BCUT2D eigenvalue weighted by Gasteiger charge is -2.09. The molecule has 0 aliphatic carbocycles. The minimum absolute atomic E-state index is 0.00226. The first kappa shape index (κ1) is 13.1. The number of hydrogen-bond donors (Lipinski definition) is 0. The smallest absolute Gasteiger partial charge is 0.223 e. The van der Waals surface area contributed by atoms with Gasteiger partial charge in [0.15, 0.2) is 11.6 Å². The molecule has 2 nitrogen and oxygen atoms in total. The molecule has 2 rings (SSSR count). The van der Waals surface area contributed by atoms with Crippen molar-refractivity contribution in [3.05, 3.63) is 52.7 Å². The molecule has 1 aromatic heterocycles. The molecule has 0 atom stereocenters. The van der Waals surface area contributed by atoms with E-state index in [2.05, 4.69) is 4.98 Å². The van der Waals surface area contributed by atoms with Crippen LogP contribution in [0.3, 0.4) is 0 Å². The summed E-state index contributed by atoms with van der Waals surface area (Å²) in [6.07, 6.45) is 0.966. The van der Waals surface area contributed by atoms with Crippen molar-refractivity contribution in [2.45, 2.75) is 5.88 Å². The molecule has 1 aromatic carbocycles. The maximum absolute atomic E-state index is 13.6. The van der Waals surface area contributed by atoms with Gasteiger partial charge in [0.1, 0.15) is 5.82 Å². The zero-order chi connectivity index (χ0) is 13.1. The maximum Gasteiger partial charge on any atom is 0.223 e. The second-order valence-electron chi connectivity index (χ2n) is 3.41. The van der Waals surface area contributed by atoms with Gasteiger partial charge in [0.25, 0.3) is 0 Å². The Kier molecular flexibility index (Phi) is 3.99. The summed E-state index contributed by atoms with van der Waals surface area (Å²) in [5.41, 5.74) is 0.330. The lowest BCUT2D eigenvalue weighted by molar-refractivity contribution is 0.422. The minimum atomic E-state index is -0.703. The third-order valence-corrected chi connectivity index (χ3v) is 2.74. The van der Waals surface area contributed by atoms with Gasteiger partial charge in [-0.25, -0.2) is 13.8 Å². The fourth-order valence-electron chi connectivity index (χ4n) is 1.32. The molecule has 2 aromatic rings. The Hall–Kier alpha value is -1.39. The summed E-state index contributed by atoms with van der Waals surface area (Å²) in [6.45, 7) is 0. The molecule has 0 amide bonds.